The first-order valence-corrected chi connectivity index (χ1v) is 7.87. The molecular weight excluding hydrogens is 314 g/mol. The van der Waals surface area contributed by atoms with Crippen LogP contribution in [0.5, 0.6) is 5.75 Å². The van der Waals surface area contributed by atoms with Crippen LogP contribution in [0.15, 0.2) is 24.3 Å². The predicted molar refractivity (Wildman–Crippen MR) is 90.2 cm³/mol. The van der Waals surface area contributed by atoms with Crippen molar-refractivity contribution in [3.63, 3.8) is 0 Å². The minimum atomic E-state index is -0.313. The zero-order chi connectivity index (χ0) is 17.0. The van der Waals surface area contributed by atoms with E-state index >= 15 is 0 Å². The average molecular weight is 333 g/mol. The van der Waals surface area contributed by atoms with Crippen molar-refractivity contribution in [1.82, 2.24) is 9.88 Å². The highest BCUT2D eigenvalue weighted by molar-refractivity contribution is 7.15. The molecule has 0 saturated carbocycles. The molecule has 2 aromatic rings. The fraction of sp³-hybridized carbons (Fsp3) is 0.312. The lowest BCUT2D eigenvalue weighted by Crippen LogP contribution is -2.28. The van der Waals surface area contributed by atoms with Crippen LogP contribution >= 0.6 is 11.3 Å². The van der Waals surface area contributed by atoms with Crippen LogP contribution in [-0.4, -0.2) is 42.4 Å². The molecule has 1 heterocycles. The van der Waals surface area contributed by atoms with E-state index in [2.05, 4.69) is 10.3 Å². The quantitative estimate of drug-likeness (QED) is 0.912. The van der Waals surface area contributed by atoms with Crippen LogP contribution in [0.3, 0.4) is 0 Å². The van der Waals surface area contributed by atoms with Crippen LogP contribution in [0.4, 0.5) is 5.13 Å². The van der Waals surface area contributed by atoms with Gasteiger partial charge in [-0.3, -0.25) is 14.9 Å². The molecule has 0 fully saturated rings. The maximum absolute atomic E-state index is 12.4. The zero-order valence-corrected chi connectivity index (χ0v) is 14.4. The van der Waals surface area contributed by atoms with Crippen molar-refractivity contribution in [2.75, 3.05) is 26.0 Å². The van der Waals surface area contributed by atoms with Gasteiger partial charge in [0.25, 0.3) is 11.8 Å². The molecule has 23 heavy (non-hydrogen) atoms. The minimum Gasteiger partial charge on any atom is -0.483 e. The first-order valence-electron chi connectivity index (χ1n) is 7.06. The summed E-state index contributed by atoms with van der Waals surface area (Å²) >= 11 is 1.42. The number of nitrogens with one attached hydrogen (secondary N) is 1. The van der Waals surface area contributed by atoms with Gasteiger partial charge in [-0.05, 0) is 26.0 Å². The Kier molecular flexibility index (Phi) is 5.33. The maximum atomic E-state index is 12.4. The number of aryl methyl sites for hydroxylation is 2. The summed E-state index contributed by atoms with van der Waals surface area (Å²) in [7, 11) is 3.30. The fourth-order valence-electron chi connectivity index (χ4n) is 1.74. The number of hydrogen-bond donors (Lipinski definition) is 1. The van der Waals surface area contributed by atoms with E-state index in [4.69, 9.17) is 4.74 Å². The third-order valence-corrected chi connectivity index (χ3v) is 4.22. The number of amides is 2. The van der Waals surface area contributed by atoms with Crippen LogP contribution in [-0.2, 0) is 4.79 Å². The van der Waals surface area contributed by atoms with Crippen LogP contribution < -0.4 is 10.1 Å². The van der Waals surface area contributed by atoms with Crippen LogP contribution in [0.2, 0.25) is 0 Å². The number of anilines is 1. The Morgan fingerprint density at radius 2 is 1.96 bits per heavy atom. The molecule has 1 aromatic carbocycles. The molecule has 0 bridgehead atoms. The molecule has 6 nitrogen and oxygen atoms in total. The summed E-state index contributed by atoms with van der Waals surface area (Å²) in [5.74, 6) is -0.122. The monoisotopic (exact) mass is 333 g/mol. The molecule has 0 spiro atoms. The van der Waals surface area contributed by atoms with Crippen molar-refractivity contribution in [3.05, 3.63) is 40.4 Å². The van der Waals surface area contributed by atoms with Gasteiger partial charge < -0.3 is 9.64 Å². The number of ether oxygens (including phenoxy) is 1. The van der Waals surface area contributed by atoms with Crippen LogP contribution in [0.25, 0.3) is 0 Å². The van der Waals surface area contributed by atoms with Crippen LogP contribution in [0.1, 0.15) is 20.9 Å². The first kappa shape index (κ1) is 17.0. The number of benzene rings is 1. The minimum absolute atomic E-state index is 0.118. The van der Waals surface area contributed by atoms with Gasteiger partial charge in [-0.2, -0.15) is 0 Å². The number of hydrogen-bond acceptors (Lipinski definition) is 5. The van der Waals surface area contributed by atoms with Crippen molar-refractivity contribution in [3.8, 4) is 5.75 Å². The molecule has 1 aromatic heterocycles. The van der Waals surface area contributed by atoms with Crippen molar-refractivity contribution < 1.29 is 14.3 Å². The van der Waals surface area contributed by atoms with E-state index in [1.807, 2.05) is 13.8 Å². The number of carbonyl (C=O) groups excluding carboxylic acids is 2. The first-order chi connectivity index (χ1) is 10.9. The van der Waals surface area contributed by atoms with E-state index in [0.29, 0.717) is 16.4 Å². The number of rotatable bonds is 5. The van der Waals surface area contributed by atoms with E-state index in [1.54, 1.807) is 38.4 Å². The highest BCUT2D eigenvalue weighted by atomic mass is 32.1. The Morgan fingerprint density at radius 1 is 1.26 bits per heavy atom. The summed E-state index contributed by atoms with van der Waals surface area (Å²) in [5.41, 5.74) is 1.26. The second kappa shape index (κ2) is 7.23. The highest BCUT2D eigenvalue weighted by Gasteiger charge is 2.15. The largest absolute Gasteiger partial charge is 0.483 e. The van der Waals surface area contributed by atoms with Crippen LogP contribution in [0, 0.1) is 13.8 Å². The summed E-state index contributed by atoms with van der Waals surface area (Å²) < 4.78 is 5.48. The van der Waals surface area contributed by atoms with Crippen molar-refractivity contribution >= 4 is 28.3 Å². The molecule has 0 aliphatic rings. The van der Waals surface area contributed by atoms with Gasteiger partial charge >= 0.3 is 0 Å². The normalized spacial score (nSPS) is 10.3. The number of nitrogens with zero attached hydrogens (tertiary/aromatic N) is 2. The topological polar surface area (TPSA) is 71.5 Å². The molecule has 0 atom stereocenters. The predicted octanol–water partition coefficient (Wildman–Crippen LogP) is 2.48. The number of para-hydroxylation sites is 1. The summed E-state index contributed by atoms with van der Waals surface area (Å²) in [6.45, 7) is 3.73. The summed E-state index contributed by atoms with van der Waals surface area (Å²) in [6.07, 6.45) is 0. The van der Waals surface area contributed by atoms with E-state index in [1.165, 1.54) is 16.2 Å². The molecule has 7 heteroatoms. The Morgan fingerprint density at radius 3 is 2.57 bits per heavy atom. The number of thiazole rings is 1. The Hall–Kier alpha value is -2.41. The fourth-order valence-corrected chi connectivity index (χ4v) is 2.55. The number of likely N-dealkylation sites (N-methyl/N-ethyl adjacent to an activating group) is 1. The zero-order valence-electron chi connectivity index (χ0n) is 13.5. The second-order valence-corrected chi connectivity index (χ2v) is 6.39. The van der Waals surface area contributed by atoms with Gasteiger partial charge in [-0.25, -0.2) is 4.98 Å². The molecular formula is C16H19N3O3S. The Bertz CT molecular complexity index is 706. The second-order valence-electron chi connectivity index (χ2n) is 5.19. The van der Waals surface area contributed by atoms with Gasteiger partial charge in [0.1, 0.15) is 5.75 Å². The summed E-state index contributed by atoms with van der Waals surface area (Å²) in [4.78, 5) is 30.8. The summed E-state index contributed by atoms with van der Waals surface area (Å²) in [6, 6.07) is 6.81. The van der Waals surface area contributed by atoms with Gasteiger partial charge in [0.2, 0.25) is 0 Å². The summed E-state index contributed by atoms with van der Waals surface area (Å²) in [5, 5.41) is 3.31. The molecule has 122 valence electrons. The highest BCUT2D eigenvalue weighted by Crippen LogP contribution is 2.24. The average Bonchev–Trinajstić information content (AvgIpc) is 2.82. The SMILES string of the molecule is Cc1nc(NC(=O)c2ccccc2OCC(=O)N(C)C)sc1C. The molecule has 2 amide bonds. The van der Waals surface area contributed by atoms with E-state index < -0.39 is 0 Å². The Labute approximate surface area is 139 Å². The van der Waals surface area contributed by atoms with Crippen molar-refractivity contribution in [2.45, 2.75) is 13.8 Å². The molecule has 1 N–H and O–H groups in total. The third-order valence-electron chi connectivity index (χ3n) is 3.23. The van der Waals surface area contributed by atoms with Crippen molar-refractivity contribution in [1.29, 1.82) is 0 Å². The van der Waals surface area contributed by atoms with Gasteiger partial charge in [0, 0.05) is 19.0 Å². The van der Waals surface area contributed by atoms with Gasteiger partial charge in [0.15, 0.2) is 11.7 Å². The van der Waals surface area contributed by atoms with Gasteiger partial charge in [-0.15, -0.1) is 11.3 Å². The number of carbonyl (C=O) groups is 2. The molecule has 0 saturated heterocycles. The third kappa shape index (κ3) is 4.29. The Balaban J connectivity index is 2.12. The number of aromatic nitrogens is 1. The molecule has 0 aliphatic heterocycles. The standard InChI is InChI=1S/C16H19N3O3S/c1-10-11(2)23-16(17-10)18-15(21)12-7-5-6-8-13(12)22-9-14(20)19(3)4/h5-8H,9H2,1-4H3,(H,17,18,21). The maximum Gasteiger partial charge on any atom is 0.261 e. The van der Waals surface area contributed by atoms with E-state index in [9.17, 15) is 9.59 Å². The molecule has 0 unspecified atom stereocenters. The molecule has 0 aliphatic carbocycles. The van der Waals surface area contributed by atoms with Crippen molar-refractivity contribution in [2.24, 2.45) is 0 Å². The van der Waals surface area contributed by atoms with E-state index in [-0.39, 0.29) is 18.4 Å². The van der Waals surface area contributed by atoms with Gasteiger partial charge in [-0.1, -0.05) is 12.1 Å². The van der Waals surface area contributed by atoms with E-state index in [0.717, 1.165) is 10.6 Å². The molecule has 2 rings (SSSR count). The molecule has 0 radical (unpaired) electrons. The lowest BCUT2D eigenvalue weighted by Gasteiger charge is -2.13. The van der Waals surface area contributed by atoms with Gasteiger partial charge in [0.05, 0.1) is 11.3 Å². The lowest BCUT2D eigenvalue weighted by molar-refractivity contribution is -0.130. The lowest BCUT2D eigenvalue weighted by atomic mass is 10.2. The smallest absolute Gasteiger partial charge is 0.261 e.